The molecule has 2 atom stereocenters. The molecule has 0 radical (unpaired) electrons. The van der Waals surface area contributed by atoms with Crippen LogP contribution in [0.2, 0.25) is 0 Å². The highest BCUT2D eigenvalue weighted by Crippen LogP contribution is 2.36. The van der Waals surface area contributed by atoms with Crippen LogP contribution in [0.5, 0.6) is 0 Å². The van der Waals surface area contributed by atoms with Gasteiger partial charge >= 0.3 is 6.03 Å². The van der Waals surface area contributed by atoms with E-state index >= 15 is 0 Å². The van der Waals surface area contributed by atoms with Gasteiger partial charge in [0.2, 0.25) is 5.91 Å². The van der Waals surface area contributed by atoms with E-state index in [1.807, 2.05) is 62.4 Å². The van der Waals surface area contributed by atoms with Crippen LogP contribution in [-0.4, -0.2) is 71.2 Å². The first-order chi connectivity index (χ1) is 22.0. The molecule has 1 aliphatic rings. The number of carbonyl (C=O) groups is 3. The van der Waals surface area contributed by atoms with Crippen LogP contribution < -0.4 is 26.2 Å². The summed E-state index contributed by atoms with van der Waals surface area (Å²) in [6.07, 6.45) is -0.465. The Morgan fingerprint density at radius 1 is 1.09 bits per heavy atom. The highest BCUT2D eigenvalue weighted by Gasteiger charge is 2.33. The molecule has 4 amide bonds. The number of halogens is 1. The Kier molecular flexibility index (Phi) is 12.2. The number of carbonyl (C=O) groups excluding carboxylic acids is 3. The first kappa shape index (κ1) is 34.9. The molecule has 46 heavy (non-hydrogen) atoms. The van der Waals surface area contributed by atoms with Gasteiger partial charge in [0.05, 0.1) is 24.9 Å². The summed E-state index contributed by atoms with van der Waals surface area (Å²) >= 11 is 1.32. The molecule has 10 nitrogen and oxygen atoms in total. The average Bonchev–Trinajstić information content (AvgIpc) is 3.14. The Morgan fingerprint density at radius 2 is 1.83 bits per heavy atom. The molecule has 6 N–H and O–H groups in total. The number of hydrogen-bond acceptors (Lipinski definition) is 7. The second-order valence-corrected chi connectivity index (χ2v) is 13.0. The van der Waals surface area contributed by atoms with E-state index in [0.29, 0.717) is 23.7 Å². The first-order valence-corrected chi connectivity index (χ1v) is 16.2. The molecule has 0 bridgehead atoms. The maximum Gasteiger partial charge on any atom is 0.315 e. The predicted molar refractivity (Wildman–Crippen MR) is 178 cm³/mol. The van der Waals surface area contributed by atoms with E-state index in [2.05, 4.69) is 21.3 Å². The number of nitrogens with zero attached hydrogens (tertiary/aromatic N) is 1. The Balaban J connectivity index is 1.51. The number of thioether (sulfide) groups is 1. The zero-order valence-corrected chi connectivity index (χ0v) is 27.1. The van der Waals surface area contributed by atoms with Crippen molar-refractivity contribution < 1.29 is 29.0 Å². The third kappa shape index (κ3) is 9.76. The van der Waals surface area contributed by atoms with E-state index in [9.17, 15) is 23.9 Å². The molecule has 0 spiro atoms. The van der Waals surface area contributed by atoms with Crippen molar-refractivity contribution in [2.24, 2.45) is 0 Å². The number of urea groups is 1. The molecule has 0 aromatic heterocycles. The SMILES string of the molecule is C[C@@H](O)CNC(C)(C)CC(=O)N[C@@H]1CSc2cc(F)ccc2N(Cc2ccc(-c3ccccc3CNC(=O)NCCO)cc2)C1=O. The van der Waals surface area contributed by atoms with Gasteiger partial charge < -0.3 is 36.4 Å². The Bertz CT molecular complexity index is 1520. The molecule has 0 aliphatic carbocycles. The number of nitrogens with one attached hydrogen (secondary N) is 4. The van der Waals surface area contributed by atoms with E-state index in [4.69, 9.17) is 5.11 Å². The van der Waals surface area contributed by atoms with Gasteiger partial charge in [-0.15, -0.1) is 11.8 Å². The molecule has 0 saturated carbocycles. The molecule has 3 aromatic carbocycles. The van der Waals surface area contributed by atoms with Gasteiger partial charge in [-0.1, -0.05) is 48.5 Å². The third-order valence-corrected chi connectivity index (χ3v) is 8.59. The number of aliphatic hydroxyl groups is 2. The van der Waals surface area contributed by atoms with E-state index in [1.165, 1.54) is 23.9 Å². The van der Waals surface area contributed by atoms with Gasteiger partial charge in [0.25, 0.3) is 5.91 Å². The van der Waals surface area contributed by atoms with Gasteiger partial charge in [-0.05, 0) is 61.2 Å². The summed E-state index contributed by atoms with van der Waals surface area (Å²) in [5.74, 6) is -0.750. The maximum absolute atomic E-state index is 14.2. The highest BCUT2D eigenvalue weighted by molar-refractivity contribution is 7.99. The highest BCUT2D eigenvalue weighted by atomic mass is 32.2. The summed E-state index contributed by atoms with van der Waals surface area (Å²) in [5.41, 5.74) is 3.59. The Hall–Kier alpha value is -3.97. The van der Waals surface area contributed by atoms with Crippen LogP contribution in [0.25, 0.3) is 11.1 Å². The van der Waals surface area contributed by atoms with Crippen molar-refractivity contribution in [2.75, 3.05) is 30.3 Å². The summed E-state index contributed by atoms with van der Waals surface area (Å²) in [7, 11) is 0. The van der Waals surface area contributed by atoms with Crippen molar-refractivity contribution in [3.8, 4) is 11.1 Å². The minimum Gasteiger partial charge on any atom is -0.395 e. The fourth-order valence-corrected chi connectivity index (χ4v) is 6.21. The lowest BCUT2D eigenvalue weighted by atomic mass is 9.98. The number of benzene rings is 3. The molecule has 246 valence electrons. The summed E-state index contributed by atoms with van der Waals surface area (Å²) in [5, 5.41) is 30.0. The average molecular weight is 652 g/mol. The number of fused-ring (bicyclic) bond motifs is 1. The van der Waals surface area contributed by atoms with Crippen LogP contribution in [0.3, 0.4) is 0 Å². The minimum atomic E-state index is -0.825. The zero-order chi connectivity index (χ0) is 33.3. The molecule has 3 aromatic rings. The van der Waals surface area contributed by atoms with Crippen LogP contribution in [-0.2, 0) is 22.7 Å². The van der Waals surface area contributed by atoms with E-state index in [0.717, 1.165) is 22.3 Å². The van der Waals surface area contributed by atoms with Gasteiger partial charge in [-0.2, -0.15) is 0 Å². The summed E-state index contributed by atoms with van der Waals surface area (Å²) in [4.78, 5) is 41.2. The molecular formula is C34H42FN5O5S. The lowest BCUT2D eigenvalue weighted by Gasteiger charge is -2.29. The van der Waals surface area contributed by atoms with Gasteiger partial charge in [0, 0.05) is 42.2 Å². The monoisotopic (exact) mass is 651 g/mol. The van der Waals surface area contributed by atoms with Crippen LogP contribution in [0.4, 0.5) is 14.9 Å². The lowest BCUT2D eigenvalue weighted by Crippen LogP contribution is -2.52. The summed E-state index contributed by atoms with van der Waals surface area (Å²) in [6.45, 7) is 6.24. The third-order valence-electron chi connectivity index (χ3n) is 7.46. The van der Waals surface area contributed by atoms with Crippen molar-refractivity contribution in [2.45, 2.75) is 62.9 Å². The maximum atomic E-state index is 14.2. The molecule has 0 saturated heterocycles. The topological polar surface area (TPSA) is 143 Å². The molecule has 0 unspecified atom stereocenters. The van der Waals surface area contributed by atoms with Crippen molar-refractivity contribution >= 4 is 35.3 Å². The quantitative estimate of drug-likeness (QED) is 0.166. The van der Waals surface area contributed by atoms with Crippen LogP contribution >= 0.6 is 11.8 Å². The normalized spacial score (nSPS) is 15.5. The molecule has 0 fully saturated rings. The van der Waals surface area contributed by atoms with Crippen LogP contribution in [0.15, 0.2) is 71.6 Å². The van der Waals surface area contributed by atoms with Gasteiger partial charge in [0.15, 0.2) is 0 Å². The Morgan fingerprint density at radius 3 is 2.54 bits per heavy atom. The summed E-state index contributed by atoms with van der Waals surface area (Å²) < 4.78 is 14.2. The number of anilines is 1. The fourth-order valence-electron chi connectivity index (χ4n) is 5.11. The molecular weight excluding hydrogens is 609 g/mol. The second kappa shape index (κ2) is 16.0. The second-order valence-electron chi connectivity index (χ2n) is 11.9. The standard InChI is InChI=1S/C34H42FN5O5S/c1-22(42)18-38-34(2,3)17-31(43)39-28-21-46-30-16-26(35)12-13-29(30)40(32(28)44)20-23-8-10-24(11-9-23)27-7-5-4-6-25(27)19-37-33(45)36-14-15-41/h4-13,16,22,28,38,41-42H,14-15,17-21H2,1-3H3,(H,39,43)(H2,36,37,45)/t22-,28-/m1/s1. The van der Waals surface area contributed by atoms with Gasteiger partial charge in [-0.25, -0.2) is 9.18 Å². The number of amides is 4. The minimum absolute atomic E-state index is 0.0987. The van der Waals surface area contributed by atoms with Crippen molar-refractivity contribution in [3.05, 3.63) is 83.7 Å². The zero-order valence-electron chi connectivity index (χ0n) is 26.3. The van der Waals surface area contributed by atoms with Gasteiger partial charge in [0.1, 0.15) is 11.9 Å². The molecule has 1 aliphatic heterocycles. The summed E-state index contributed by atoms with van der Waals surface area (Å²) in [6, 6.07) is 18.6. The van der Waals surface area contributed by atoms with Crippen molar-refractivity contribution in [1.82, 2.24) is 21.3 Å². The molecule has 4 rings (SSSR count). The lowest BCUT2D eigenvalue weighted by molar-refractivity contribution is -0.127. The van der Waals surface area contributed by atoms with Crippen LogP contribution in [0, 0.1) is 5.82 Å². The predicted octanol–water partition coefficient (Wildman–Crippen LogP) is 3.55. The largest absolute Gasteiger partial charge is 0.395 e. The van der Waals surface area contributed by atoms with E-state index < -0.39 is 23.5 Å². The number of aliphatic hydroxyl groups excluding tert-OH is 2. The molecule has 1 heterocycles. The van der Waals surface area contributed by atoms with Crippen LogP contribution in [0.1, 0.15) is 38.3 Å². The smallest absolute Gasteiger partial charge is 0.315 e. The van der Waals surface area contributed by atoms with Crippen molar-refractivity contribution in [3.63, 3.8) is 0 Å². The van der Waals surface area contributed by atoms with E-state index in [-0.39, 0.29) is 49.7 Å². The fraction of sp³-hybridized carbons (Fsp3) is 0.382. The number of β-amino-alcohol motifs (C(OH)–C–C–N with tert-alkyl or cyclic N) is 1. The number of hydrogen-bond donors (Lipinski definition) is 6. The van der Waals surface area contributed by atoms with Gasteiger partial charge in [-0.3, -0.25) is 9.59 Å². The molecule has 12 heteroatoms. The van der Waals surface area contributed by atoms with E-state index in [1.54, 1.807) is 17.9 Å². The first-order valence-electron chi connectivity index (χ1n) is 15.2. The van der Waals surface area contributed by atoms with Crippen molar-refractivity contribution in [1.29, 1.82) is 0 Å². The number of rotatable bonds is 13. The Labute approximate surface area is 273 Å².